The number of amides is 2. The predicted octanol–water partition coefficient (Wildman–Crippen LogP) is 3.50. The largest absolute Gasteiger partial charge is 0.335 e. The molecule has 0 spiro atoms. The van der Waals surface area contributed by atoms with Crippen LogP contribution >= 0.6 is 46.4 Å². The van der Waals surface area contributed by atoms with Gasteiger partial charge < -0.3 is 32.3 Å². The molecule has 2 aromatic carbocycles. The van der Waals surface area contributed by atoms with Gasteiger partial charge in [-0.1, -0.05) is 58.5 Å². The van der Waals surface area contributed by atoms with Crippen LogP contribution in [0, 0.1) is 0 Å². The quantitative estimate of drug-likeness (QED) is 0.265. The minimum Gasteiger partial charge on any atom is -0.335 e. The second kappa shape index (κ2) is 15.6. The fourth-order valence-electron chi connectivity index (χ4n) is 4.99. The molecule has 1 aliphatic heterocycles. The van der Waals surface area contributed by atoms with E-state index in [2.05, 4.69) is 5.32 Å². The highest BCUT2D eigenvalue weighted by molar-refractivity contribution is 6.42. The number of halogens is 4. The Morgan fingerprint density at radius 1 is 0.850 bits per heavy atom. The number of rotatable bonds is 12. The van der Waals surface area contributed by atoms with Crippen LogP contribution in [0.5, 0.6) is 0 Å². The van der Waals surface area contributed by atoms with E-state index in [0.717, 1.165) is 24.1 Å². The first-order chi connectivity index (χ1) is 19.0. The number of carbonyl (C=O) groups excluding carboxylic acids is 2. The van der Waals surface area contributed by atoms with Gasteiger partial charge in [-0.2, -0.15) is 0 Å². The zero-order valence-corrected chi connectivity index (χ0v) is 25.6. The van der Waals surface area contributed by atoms with Gasteiger partial charge in [0.05, 0.1) is 32.2 Å². The van der Waals surface area contributed by atoms with Crippen molar-refractivity contribution in [2.75, 3.05) is 32.7 Å². The zero-order chi connectivity index (χ0) is 29.4. The maximum absolute atomic E-state index is 13.6. The number of carbonyl (C=O) groups is 2. The molecule has 1 fully saturated rings. The molecule has 0 aliphatic carbocycles. The van der Waals surface area contributed by atoms with Gasteiger partial charge in [0.25, 0.3) is 0 Å². The van der Waals surface area contributed by atoms with Crippen molar-refractivity contribution in [3.8, 4) is 0 Å². The van der Waals surface area contributed by atoms with E-state index < -0.39 is 12.1 Å². The van der Waals surface area contributed by atoms with Crippen molar-refractivity contribution in [1.82, 2.24) is 15.1 Å². The van der Waals surface area contributed by atoms with E-state index in [1.807, 2.05) is 24.0 Å². The maximum atomic E-state index is 13.6. The lowest BCUT2D eigenvalue weighted by Gasteiger charge is -2.47. The maximum Gasteiger partial charge on any atom is 0.240 e. The first kappa shape index (κ1) is 32.9. The Kier molecular flexibility index (Phi) is 12.8. The lowest BCUT2D eigenvalue weighted by molar-refractivity contribution is -0.148. The summed E-state index contributed by atoms with van der Waals surface area (Å²) >= 11 is 24.4. The highest BCUT2D eigenvalue weighted by atomic mass is 35.5. The van der Waals surface area contributed by atoms with Gasteiger partial charge in [0.15, 0.2) is 0 Å². The van der Waals surface area contributed by atoms with Crippen LogP contribution in [0.1, 0.15) is 30.9 Å². The third kappa shape index (κ3) is 8.94. The highest BCUT2D eigenvalue weighted by Crippen LogP contribution is 2.26. The van der Waals surface area contributed by atoms with Gasteiger partial charge in [-0.25, -0.2) is 0 Å². The SMILES string of the molecule is C[C@@H]1CN(C(=O)[C@H](N)Cc2ccc(Cl)c(Cl)c2)C(CCCNCCN)CN1C(=O)[C@H](N)Cc1ccc(Cl)c(Cl)c1. The average Bonchev–Trinajstić information content (AvgIpc) is 2.92. The van der Waals surface area contributed by atoms with Crippen LogP contribution in [0.3, 0.4) is 0 Å². The molecule has 2 amide bonds. The second-order valence-electron chi connectivity index (χ2n) is 10.3. The van der Waals surface area contributed by atoms with E-state index in [0.29, 0.717) is 65.5 Å². The van der Waals surface area contributed by atoms with Crippen LogP contribution in [0.4, 0.5) is 0 Å². The number of nitrogens with two attached hydrogens (primary N) is 3. The van der Waals surface area contributed by atoms with Crippen LogP contribution in [0.2, 0.25) is 20.1 Å². The molecule has 12 heteroatoms. The number of piperazine rings is 1. The average molecular weight is 632 g/mol. The molecule has 0 bridgehead atoms. The highest BCUT2D eigenvalue weighted by Gasteiger charge is 2.39. The fraction of sp³-hybridized carbons (Fsp3) is 0.500. The summed E-state index contributed by atoms with van der Waals surface area (Å²) in [6.07, 6.45) is 2.15. The second-order valence-corrected chi connectivity index (χ2v) is 11.9. The van der Waals surface area contributed by atoms with E-state index in [9.17, 15) is 9.59 Å². The normalized spacial score (nSPS) is 19.0. The van der Waals surface area contributed by atoms with Gasteiger partial charge in [-0.15, -0.1) is 0 Å². The lowest BCUT2D eigenvalue weighted by Crippen LogP contribution is -2.64. The Morgan fingerprint density at radius 3 is 1.88 bits per heavy atom. The Hall–Kier alpha value is -1.62. The Labute approximate surface area is 256 Å². The van der Waals surface area contributed by atoms with Crippen molar-refractivity contribution < 1.29 is 9.59 Å². The Morgan fingerprint density at radius 2 is 1.38 bits per heavy atom. The van der Waals surface area contributed by atoms with E-state index >= 15 is 0 Å². The monoisotopic (exact) mass is 630 g/mol. The molecule has 0 saturated carbocycles. The number of nitrogens with zero attached hydrogens (tertiary/aromatic N) is 2. The Balaban J connectivity index is 1.72. The van der Waals surface area contributed by atoms with Crippen LogP contribution in [0.15, 0.2) is 36.4 Å². The van der Waals surface area contributed by atoms with Crippen LogP contribution < -0.4 is 22.5 Å². The van der Waals surface area contributed by atoms with Crippen molar-refractivity contribution in [2.24, 2.45) is 17.2 Å². The third-order valence-corrected chi connectivity index (χ3v) is 8.61. The molecule has 0 aromatic heterocycles. The summed E-state index contributed by atoms with van der Waals surface area (Å²) < 4.78 is 0. The van der Waals surface area contributed by atoms with Crippen molar-refractivity contribution in [2.45, 2.75) is 56.8 Å². The van der Waals surface area contributed by atoms with Gasteiger partial charge in [-0.3, -0.25) is 9.59 Å². The van der Waals surface area contributed by atoms with Gasteiger partial charge in [-0.05, 0) is 74.5 Å². The summed E-state index contributed by atoms with van der Waals surface area (Å²) in [5.74, 6) is -0.331. The molecule has 0 radical (unpaired) electrons. The van der Waals surface area contributed by atoms with E-state index in [-0.39, 0.29) is 23.9 Å². The smallest absolute Gasteiger partial charge is 0.240 e. The number of benzene rings is 2. The first-order valence-electron chi connectivity index (χ1n) is 13.4. The molecule has 1 heterocycles. The molecule has 7 N–H and O–H groups in total. The zero-order valence-electron chi connectivity index (χ0n) is 22.6. The van der Waals surface area contributed by atoms with Crippen molar-refractivity contribution in [3.05, 3.63) is 67.6 Å². The van der Waals surface area contributed by atoms with E-state index in [1.54, 1.807) is 29.2 Å². The van der Waals surface area contributed by atoms with Crippen molar-refractivity contribution in [1.29, 1.82) is 0 Å². The Bertz CT molecular complexity index is 1170. The first-order valence-corrected chi connectivity index (χ1v) is 14.9. The molecule has 8 nitrogen and oxygen atoms in total. The molecular formula is C28H38Cl4N6O2. The van der Waals surface area contributed by atoms with Crippen LogP contribution in [0.25, 0.3) is 0 Å². The minimum absolute atomic E-state index is 0.162. The standard InChI is InChI=1S/C28H38Cl4N6O2/c1-17-15-38(28(40)26(35)14-19-5-7-22(30)24(32)12-19)20(3-2-9-36-10-8-33)16-37(17)27(39)25(34)13-18-4-6-21(29)23(31)11-18/h4-7,11-12,17,20,25-26,36H,2-3,8-10,13-16,33-35H2,1H3/t17-,20?,25-,26-/m1/s1. The third-order valence-electron chi connectivity index (χ3n) is 7.13. The molecule has 1 unspecified atom stereocenters. The van der Waals surface area contributed by atoms with Gasteiger partial charge in [0, 0.05) is 38.3 Å². The van der Waals surface area contributed by atoms with Crippen LogP contribution in [-0.2, 0) is 22.4 Å². The number of hydrogen-bond donors (Lipinski definition) is 4. The van der Waals surface area contributed by atoms with Crippen LogP contribution in [-0.4, -0.2) is 78.5 Å². The van der Waals surface area contributed by atoms with E-state index in [4.69, 9.17) is 63.6 Å². The molecule has 220 valence electrons. The summed E-state index contributed by atoms with van der Waals surface area (Å²) in [4.78, 5) is 30.7. The predicted molar refractivity (Wildman–Crippen MR) is 164 cm³/mol. The molecule has 1 aliphatic rings. The molecule has 3 rings (SSSR count). The molecule has 40 heavy (non-hydrogen) atoms. The molecule has 4 atom stereocenters. The van der Waals surface area contributed by atoms with E-state index in [1.165, 1.54) is 0 Å². The summed E-state index contributed by atoms with van der Waals surface area (Å²) in [6, 6.07) is 8.51. The lowest BCUT2D eigenvalue weighted by atomic mass is 9.97. The molecule has 2 aromatic rings. The summed E-state index contributed by atoms with van der Waals surface area (Å²) in [7, 11) is 0. The topological polar surface area (TPSA) is 131 Å². The summed E-state index contributed by atoms with van der Waals surface area (Å²) in [6.45, 7) is 4.68. The molecule has 1 saturated heterocycles. The van der Waals surface area contributed by atoms with Gasteiger partial charge in [0.2, 0.25) is 11.8 Å². The van der Waals surface area contributed by atoms with Gasteiger partial charge >= 0.3 is 0 Å². The summed E-state index contributed by atoms with van der Waals surface area (Å²) in [5.41, 5.74) is 20.0. The molecular weight excluding hydrogens is 594 g/mol. The number of nitrogens with one attached hydrogen (secondary N) is 1. The van der Waals surface area contributed by atoms with Crippen molar-refractivity contribution >= 4 is 58.2 Å². The minimum atomic E-state index is -0.763. The van der Waals surface area contributed by atoms with Crippen molar-refractivity contribution in [3.63, 3.8) is 0 Å². The van der Waals surface area contributed by atoms with Gasteiger partial charge in [0.1, 0.15) is 0 Å². The summed E-state index contributed by atoms with van der Waals surface area (Å²) in [5, 5.41) is 5.01. The fourth-order valence-corrected chi connectivity index (χ4v) is 5.63. The number of hydrogen-bond acceptors (Lipinski definition) is 6.